The van der Waals surface area contributed by atoms with Gasteiger partial charge < -0.3 is 9.32 Å². The molecule has 1 aromatic heterocycles. The molecule has 0 saturated heterocycles. The van der Waals surface area contributed by atoms with E-state index in [-0.39, 0.29) is 5.09 Å². The molecule has 0 N–H and O–H groups in total. The van der Waals surface area contributed by atoms with Crippen molar-refractivity contribution in [2.75, 3.05) is 18.5 Å². The summed E-state index contributed by atoms with van der Waals surface area (Å²) in [7, 11) is 3.57. The van der Waals surface area contributed by atoms with Crippen molar-refractivity contribution < 1.29 is 12.8 Å². The molecule has 1 aliphatic rings. The second-order valence-corrected chi connectivity index (χ2v) is 7.03. The number of aryl methyl sites for hydroxylation is 1. The van der Waals surface area contributed by atoms with Crippen LogP contribution in [0.3, 0.4) is 0 Å². The minimum absolute atomic E-state index is 0.137. The lowest BCUT2D eigenvalue weighted by Crippen LogP contribution is -2.12. The highest BCUT2D eigenvalue weighted by atomic mass is 35.7. The highest BCUT2D eigenvalue weighted by molar-refractivity contribution is 8.13. The highest BCUT2D eigenvalue weighted by Crippen LogP contribution is 2.39. The van der Waals surface area contributed by atoms with E-state index in [1.54, 1.807) is 13.0 Å². The maximum Gasteiger partial charge on any atom is 0.294 e. The van der Waals surface area contributed by atoms with Crippen LogP contribution in [0.25, 0.3) is 11.0 Å². The van der Waals surface area contributed by atoms with Gasteiger partial charge in [-0.1, -0.05) is 0 Å². The third-order valence-electron chi connectivity index (χ3n) is 3.46. The predicted molar refractivity (Wildman–Crippen MR) is 71.0 cm³/mol. The van der Waals surface area contributed by atoms with Crippen LogP contribution >= 0.6 is 10.7 Å². The molecule has 0 spiro atoms. The van der Waals surface area contributed by atoms with E-state index in [1.165, 1.54) is 0 Å². The van der Waals surface area contributed by atoms with E-state index in [9.17, 15) is 8.42 Å². The van der Waals surface area contributed by atoms with E-state index < -0.39 is 9.05 Å². The summed E-state index contributed by atoms with van der Waals surface area (Å²) in [5.74, 6) is 0. The van der Waals surface area contributed by atoms with Gasteiger partial charge in [0.05, 0.1) is 0 Å². The van der Waals surface area contributed by atoms with Crippen molar-refractivity contribution in [1.82, 2.24) is 0 Å². The maximum atomic E-state index is 11.4. The van der Waals surface area contributed by atoms with E-state index in [1.807, 2.05) is 13.1 Å². The number of fused-ring (bicyclic) bond motifs is 3. The first-order chi connectivity index (χ1) is 8.39. The molecular formula is C12H12ClNO3S. The van der Waals surface area contributed by atoms with Crippen molar-refractivity contribution in [2.45, 2.75) is 18.4 Å². The molecule has 0 unspecified atom stereocenters. The first-order valence-electron chi connectivity index (χ1n) is 5.60. The summed E-state index contributed by atoms with van der Waals surface area (Å²) < 4.78 is 28.3. The van der Waals surface area contributed by atoms with E-state index in [2.05, 4.69) is 4.90 Å². The SMILES string of the molecule is Cc1c(S(=O)(=O)Cl)oc2ccc3c(c12)CCN3C. The Hall–Kier alpha value is -1.20. The van der Waals surface area contributed by atoms with Crippen LogP contribution in [0.4, 0.5) is 5.69 Å². The monoisotopic (exact) mass is 285 g/mol. The number of anilines is 1. The molecular weight excluding hydrogens is 274 g/mol. The van der Waals surface area contributed by atoms with Crippen molar-refractivity contribution in [3.05, 3.63) is 23.3 Å². The molecule has 1 aromatic carbocycles. The number of furan rings is 1. The van der Waals surface area contributed by atoms with E-state index in [0.29, 0.717) is 11.1 Å². The van der Waals surface area contributed by atoms with Gasteiger partial charge in [0.1, 0.15) is 5.58 Å². The van der Waals surface area contributed by atoms with Crippen LogP contribution in [0.5, 0.6) is 0 Å². The summed E-state index contributed by atoms with van der Waals surface area (Å²) in [6.45, 7) is 2.67. The number of hydrogen-bond donors (Lipinski definition) is 0. The van der Waals surface area contributed by atoms with Gasteiger partial charge >= 0.3 is 0 Å². The van der Waals surface area contributed by atoms with Crippen molar-refractivity contribution in [2.24, 2.45) is 0 Å². The second kappa shape index (κ2) is 3.65. The molecule has 0 radical (unpaired) electrons. The lowest BCUT2D eigenvalue weighted by atomic mass is 10.0. The highest BCUT2D eigenvalue weighted by Gasteiger charge is 2.26. The normalized spacial score (nSPS) is 15.4. The molecule has 0 aliphatic carbocycles. The molecule has 2 aromatic rings. The minimum Gasteiger partial charge on any atom is -0.443 e. The third-order valence-corrected chi connectivity index (χ3v) is 4.72. The van der Waals surface area contributed by atoms with Gasteiger partial charge in [-0.25, -0.2) is 8.42 Å². The van der Waals surface area contributed by atoms with Crippen LogP contribution in [0.15, 0.2) is 21.6 Å². The van der Waals surface area contributed by atoms with Crippen LogP contribution < -0.4 is 4.90 Å². The average molecular weight is 286 g/mol. The van der Waals surface area contributed by atoms with Crippen molar-refractivity contribution in [3.8, 4) is 0 Å². The van der Waals surface area contributed by atoms with Gasteiger partial charge in [0.15, 0.2) is 0 Å². The van der Waals surface area contributed by atoms with E-state index >= 15 is 0 Å². The van der Waals surface area contributed by atoms with Crippen molar-refractivity contribution in [1.29, 1.82) is 0 Å². The van der Waals surface area contributed by atoms with Crippen molar-refractivity contribution >= 4 is 36.4 Å². The molecule has 4 nitrogen and oxygen atoms in total. The topological polar surface area (TPSA) is 50.5 Å². The second-order valence-electron chi connectivity index (χ2n) is 4.56. The molecule has 18 heavy (non-hydrogen) atoms. The lowest BCUT2D eigenvalue weighted by molar-refractivity contribution is 0.484. The first kappa shape index (κ1) is 11.9. The number of benzene rings is 1. The fourth-order valence-electron chi connectivity index (χ4n) is 2.63. The van der Waals surface area contributed by atoms with Crippen LogP contribution in [0.2, 0.25) is 0 Å². The zero-order valence-electron chi connectivity index (χ0n) is 10.0. The van der Waals surface area contributed by atoms with E-state index in [4.69, 9.17) is 15.1 Å². The molecule has 6 heteroatoms. The predicted octanol–water partition coefficient (Wildman–Crippen LogP) is 2.66. The molecule has 2 heterocycles. The quantitative estimate of drug-likeness (QED) is 0.756. The van der Waals surface area contributed by atoms with Crippen LogP contribution in [0, 0.1) is 6.92 Å². The Morgan fingerprint density at radius 2 is 2.11 bits per heavy atom. The Kier molecular flexibility index (Phi) is 2.40. The number of halogens is 1. The molecule has 0 bridgehead atoms. The fraction of sp³-hybridized carbons (Fsp3) is 0.333. The molecule has 3 rings (SSSR count). The molecule has 96 valence electrons. The molecule has 1 aliphatic heterocycles. The van der Waals surface area contributed by atoms with Crippen molar-refractivity contribution in [3.63, 3.8) is 0 Å². The summed E-state index contributed by atoms with van der Waals surface area (Å²) in [5, 5.41) is 0.748. The number of hydrogen-bond acceptors (Lipinski definition) is 4. The van der Waals surface area contributed by atoms with Gasteiger partial charge in [0.25, 0.3) is 9.05 Å². The largest absolute Gasteiger partial charge is 0.443 e. The van der Waals surface area contributed by atoms with Gasteiger partial charge in [0, 0.05) is 40.9 Å². The first-order valence-corrected chi connectivity index (χ1v) is 7.91. The standard InChI is InChI=1S/C12H12ClNO3S/c1-7-11-8-5-6-14(2)9(8)3-4-10(11)17-12(7)18(13,15)16/h3-4H,5-6H2,1-2H3. The molecule has 0 fully saturated rings. The molecule has 0 atom stereocenters. The maximum absolute atomic E-state index is 11.4. The number of likely N-dealkylation sites (N-methyl/N-ethyl adjacent to an activating group) is 1. The Bertz CT molecular complexity index is 748. The van der Waals surface area contributed by atoms with Gasteiger partial charge in [0.2, 0.25) is 5.09 Å². The zero-order chi connectivity index (χ0) is 13.1. The minimum atomic E-state index is -3.83. The summed E-state index contributed by atoms with van der Waals surface area (Å²) in [5.41, 5.74) is 3.46. The fourth-order valence-corrected chi connectivity index (χ4v) is 3.73. The Morgan fingerprint density at radius 1 is 1.39 bits per heavy atom. The smallest absolute Gasteiger partial charge is 0.294 e. The Balaban J connectivity index is 2.41. The van der Waals surface area contributed by atoms with Crippen LogP contribution in [-0.4, -0.2) is 22.0 Å². The van der Waals surface area contributed by atoms with Crippen LogP contribution in [0.1, 0.15) is 11.1 Å². The summed E-state index contributed by atoms with van der Waals surface area (Å²) in [6.07, 6.45) is 0.894. The van der Waals surface area contributed by atoms with E-state index in [0.717, 1.165) is 29.6 Å². The molecule has 0 saturated carbocycles. The van der Waals surface area contributed by atoms with Crippen LogP contribution in [-0.2, 0) is 15.5 Å². The zero-order valence-corrected chi connectivity index (χ0v) is 11.6. The average Bonchev–Trinajstić information content (AvgIpc) is 2.80. The number of nitrogens with zero attached hydrogens (tertiary/aromatic N) is 1. The van der Waals surface area contributed by atoms with Gasteiger partial charge in [-0.05, 0) is 31.0 Å². The van der Waals surface area contributed by atoms with Gasteiger partial charge in [-0.2, -0.15) is 0 Å². The summed E-state index contributed by atoms with van der Waals surface area (Å²) >= 11 is 0. The Labute approximate surface area is 110 Å². The third kappa shape index (κ3) is 1.54. The molecule has 0 amide bonds. The number of rotatable bonds is 1. The lowest BCUT2D eigenvalue weighted by Gasteiger charge is -2.11. The van der Waals surface area contributed by atoms with Gasteiger partial charge in [-0.3, -0.25) is 0 Å². The summed E-state index contributed by atoms with van der Waals surface area (Å²) in [4.78, 5) is 2.15. The van der Waals surface area contributed by atoms with Gasteiger partial charge in [-0.15, -0.1) is 0 Å². The summed E-state index contributed by atoms with van der Waals surface area (Å²) in [6, 6.07) is 3.76. The Morgan fingerprint density at radius 3 is 2.78 bits per heavy atom.